The van der Waals surface area contributed by atoms with E-state index in [4.69, 9.17) is 37.3 Å². The van der Waals surface area contributed by atoms with Crippen molar-refractivity contribution in [1.29, 1.82) is 0 Å². The molecule has 0 fully saturated rings. The second kappa shape index (κ2) is 11.3. The van der Waals surface area contributed by atoms with Crippen LogP contribution in [-0.2, 0) is 0 Å². The molecule has 0 aliphatic rings. The third kappa shape index (κ3) is 48.1. The van der Waals surface area contributed by atoms with E-state index in [1.807, 2.05) is 0 Å². The van der Waals surface area contributed by atoms with Crippen molar-refractivity contribution in [1.82, 2.24) is 0 Å². The van der Waals surface area contributed by atoms with Crippen LogP contribution in [0.2, 0.25) is 0 Å². The fourth-order valence-corrected chi connectivity index (χ4v) is 0. The normalized spacial score (nSPS) is 6.75. The molecule has 0 aliphatic heterocycles. The molecule has 0 heterocycles. The molecule has 0 amide bonds. The van der Waals surface area contributed by atoms with Crippen LogP contribution >= 0.6 is 37.3 Å². The minimum absolute atomic E-state index is 2.24. The Morgan fingerprint density at radius 2 is 0.875 bits per heavy atom. The molecule has 49 valence electrons. The molecule has 0 radical (unpaired) electrons. The van der Waals surface area contributed by atoms with Gasteiger partial charge in [-0.1, -0.05) is 0 Å². The molecule has 0 bridgehead atoms. The maximum atomic E-state index is 5.03. The van der Waals surface area contributed by atoms with Crippen LogP contribution < -0.4 is 0 Å². The van der Waals surface area contributed by atoms with Crippen LogP contribution in [0.4, 0.5) is 0 Å². The Labute approximate surface area is 90.1 Å². The van der Waals surface area contributed by atoms with Crippen molar-refractivity contribution in [3.63, 3.8) is 0 Å². The van der Waals surface area contributed by atoms with Crippen LogP contribution in [-0.4, -0.2) is 0 Å². The van der Waals surface area contributed by atoms with Crippen molar-refractivity contribution in [2.24, 2.45) is 0 Å². The molecule has 8 heteroatoms. The van der Waals surface area contributed by atoms with Crippen LogP contribution in [0.15, 0.2) is 0 Å². The van der Waals surface area contributed by atoms with Crippen LogP contribution in [0.1, 0.15) is 0 Å². The quantitative estimate of drug-likeness (QED) is 0.478. The maximum absolute atomic E-state index is 5.03. The fraction of sp³-hybridized carbons (Fsp3) is 0. The third-order valence-corrected chi connectivity index (χ3v) is 0. The topological polar surface area (TPSA) is 0 Å². The Hall–Kier alpha value is 4.31. The first-order valence-corrected chi connectivity index (χ1v) is 26.7. The summed E-state index contributed by atoms with van der Waals surface area (Å²) in [5.41, 5.74) is 15.1. The van der Waals surface area contributed by atoms with Crippen molar-refractivity contribution in [3.05, 3.63) is 0 Å². The molecule has 0 nitrogen and oxygen atoms in total. The first-order chi connectivity index (χ1) is 3.46. The van der Waals surface area contributed by atoms with Crippen LogP contribution in [0.3, 0.4) is 0 Å². The van der Waals surface area contributed by atoms with Gasteiger partial charge in [0.2, 0.25) is 0 Å². The van der Waals surface area contributed by atoms with Gasteiger partial charge in [-0.05, 0) is 0 Å². The molecule has 0 aliphatic carbocycles. The van der Waals surface area contributed by atoms with Crippen LogP contribution in [0, 0.1) is 56.3 Å². The average molecular weight is 492 g/mol. The number of hydrogen-bond acceptors (Lipinski definition) is 0. The summed E-state index contributed by atoms with van der Waals surface area (Å²) in [7, 11) is 0. The first-order valence-electron chi connectivity index (χ1n) is 1.22. The molecule has 0 N–H and O–H groups in total. The van der Waals surface area contributed by atoms with E-state index in [2.05, 4.69) is 0 Å². The van der Waals surface area contributed by atoms with E-state index in [9.17, 15) is 0 Å². The molecule has 0 saturated heterocycles. The first kappa shape index (κ1) is 14.8. The number of halogens is 6. The monoisotopic (exact) mass is 489 g/mol. The van der Waals surface area contributed by atoms with E-state index in [0.29, 0.717) is 0 Å². The van der Waals surface area contributed by atoms with Gasteiger partial charge in [-0.2, -0.15) is 0 Å². The van der Waals surface area contributed by atoms with E-state index in [-0.39, 0.29) is 0 Å². The minimum atomic E-state index is -2.31. The molecule has 0 atom stereocenters. The summed E-state index contributed by atoms with van der Waals surface area (Å²) in [6.07, 6.45) is 0. The Morgan fingerprint density at radius 1 is 0.875 bits per heavy atom. The summed E-state index contributed by atoms with van der Waals surface area (Å²) < 4.78 is 0. The van der Waals surface area contributed by atoms with Crippen molar-refractivity contribution in [3.8, 4) is 0 Å². The standard InChI is InChI=1S/Ce.6ClH.La/h;6*1H;/q+3;;;;;;;+3/p-6. The van der Waals surface area contributed by atoms with Gasteiger partial charge in [0.15, 0.2) is 0 Å². The van der Waals surface area contributed by atoms with Crippen molar-refractivity contribution < 1.29 is 56.3 Å². The van der Waals surface area contributed by atoms with Gasteiger partial charge in [-0.3, -0.25) is 0 Å². The van der Waals surface area contributed by atoms with E-state index in [0.717, 1.165) is 0 Å². The summed E-state index contributed by atoms with van der Waals surface area (Å²) in [6.45, 7) is 15.1. The molecule has 0 aromatic carbocycles. The Morgan fingerprint density at radius 3 is 0.875 bits per heavy atom. The molecule has 0 rings (SSSR count). The molecule has 8 heavy (non-hydrogen) atoms. The summed E-state index contributed by atoms with van der Waals surface area (Å²) in [6, 6.07) is 0. The second-order valence-electron chi connectivity index (χ2n) is 0.462. The molecular formula is CeCl6La. The average Bonchev–Trinajstić information content (AvgIpc) is 1.25. The van der Waals surface area contributed by atoms with Gasteiger partial charge >= 0.3 is 93.6 Å². The van der Waals surface area contributed by atoms with Crippen molar-refractivity contribution in [2.45, 2.75) is 0 Å². The van der Waals surface area contributed by atoms with Gasteiger partial charge < -0.3 is 0 Å². The molecule has 0 spiro atoms. The summed E-state index contributed by atoms with van der Waals surface area (Å²) in [4.78, 5) is 0. The number of rotatable bonds is 0. The number of hydrogen-bond donors (Lipinski definition) is 0. The van der Waals surface area contributed by atoms with Crippen molar-refractivity contribution in [2.75, 3.05) is 0 Å². The Bertz CT molecular complexity index is 24.0. The van der Waals surface area contributed by atoms with Gasteiger partial charge in [-0.25, -0.2) is 0 Å². The molecule has 0 aromatic rings. The fourth-order valence-electron chi connectivity index (χ4n) is 0. The zero-order valence-electron chi connectivity index (χ0n) is 3.35. The molecule has 0 saturated carbocycles. The van der Waals surface area contributed by atoms with Gasteiger partial charge in [0, 0.05) is 0 Å². The SMILES string of the molecule is [Cl][Ce]([Cl])[Cl].[Cl][La]([Cl])[Cl]. The van der Waals surface area contributed by atoms with E-state index in [1.165, 1.54) is 0 Å². The van der Waals surface area contributed by atoms with Gasteiger partial charge in [0.05, 0.1) is 0 Å². The second-order valence-corrected chi connectivity index (χ2v) is 30.3. The van der Waals surface area contributed by atoms with E-state index < -0.39 is 56.3 Å². The Kier molecular flexibility index (Phi) is 20.9. The van der Waals surface area contributed by atoms with E-state index >= 15 is 0 Å². The summed E-state index contributed by atoms with van der Waals surface area (Å²) in [5, 5.41) is 0. The van der Waals surface area contributed by atoms with Gasteiger partial charge in [0.1, 0.15) is 0 Å². The van der Waals surface area contributed by atoms with Gasteiger partial charge in [-0.15, -0.1) is 0 Å². The van der Waals surface area contributed by atoms with E-state index in [1.54, 1.807) is 0 Å². The van der Waals surface area contributed by atoms with Crippen molar-refractivity contribution >= 4 is 37.3 Å². The Balaban J connectivity index is 0. The predicted octanol–water partition coefficient (Wildman–Crippen LogP) is 4.14. The summed E-state index contributed by atoms with van der Waals surface area (Å²) in [5.74, 6) is 0. The van der Waals surface area contributed by atoms with Gasteiger partial charge in [0.25, 0.3) is 0 Å². The van der Waals surface area contributed by atoms with Crippen LogP contribution in [0.5, 0.6) is 0 Å². The molecule has 0 aromatic heterocycles. The molecule has 0 unspecified atom stereocenters. The molecular weight excluding hydrogens is 492 g/mol. The predicted molar refractivity (Wildman–Crippen MR) is 35.1 cm³/mol. The summed E-state index contributed by atoms with van der Waals surface area (Å²) >= 11 is -4.55. The zero-order chi connectivity index (χ0) is 7.15. The zero-order valence-corrected chi connectivity index (χ0v) is 14.6. The third-order valence-electron chi connectivity index (χ3n) is 0. The van der Waals surface area contributed by atoms with Crippen LogP contribution in [0.25, 0.3) is 0 Å².